The Kier molecular flexibility index (Phi) is 3.36. The average molecular weight is 353 g/mol. The minimum atomic E-state index is -0.749. The predicted octanol–water partition coefficient (Wildman–Crippen LogP) is 3.84. The van der Waals surface area contributed by atoms with Gasteiger partial charge in [-0.1, -0.05) is 12.1 Å². The van der Waals surface area contributed by atoms with Crippen molar-refractivity contribution < 1.29 is 19.2 Å². The zero-order valence-corrected chi connectivity index (χ0v) is 14.0. The van der Waals surface area contributed by atoms with Crippen molar-refractivity contribution in [2.24, 2.45) is 0 Å². The lowest BCUT2D eigenvalue weighted by Crippen LogP contribution is -2.29. The van der Waals surface area contributed by atoms with Crippen LogP contribution in [0.25, 0.3) is 10.9 Å². The molecule has 0 saturated carbocycles. The van der Waals surface area contributed by atoms with Crippen molar-refractivity contribution in [3.63, 3.8) is 0 Å². The van der Waals surface area contributed by atoms with Gasteiger partial charge in [0.1, 0.15) is 11.2 Å². The second-order valence-electron chi connectivity index (χ2n) is 6.40. The van der Waals surface area contributed by atoms with Crippen molar-refractivity contribution in [2.75, 3.05) is 5.32 Å². The first-order chi connectivity index (χ1) is 12.3. The van der Waals surface area contributed by atoms with Gasteiger partial charge in [-0.3, -0.25) is 14.9 Å². The van der Waals surface area contributed by atoms with Crippen molar-refractivity contribution in [1.29, 1.82) is 0 Å². The van der Waals surface area contributed by atoms with Crippen molar-refractivity contribution in [1.82, 2.24) is 4.98 Å². The highest BCUT2D eigenvalue weighted by Crippen LogP contribution is 2.40. The lowest BCUT2D eigenvalue weighted by molar-refractivity contribution is -0.383. The molecule has 1 aliphatic rings. The van der Waals surface area contributed by atoms with Gasteiger partial charge in [-0.25, -0.2) is 0 Å². The molecule has 0 fully saturated rings. The molecule has 2 heterocycles. The molecule has 0 aliphatic carbocycles. The summed E-state index contributed by atoms with van der Waals surface area (Å²) in [5.41, 5.74) is 0.998. The van der Waals surface area contributed by atoms with Gasteiger partial charge in [0.05, 0.1) is 4.92 Å². The summed E-state index contributed by atoms with van der Waals surface area (Å²) in [5, 5.41) is 14.4. The number of carbonyl (C=O) groups excluding carboxylic acids is 1. The number of aromatic nitrogens is 1. The number of non-ortho nitro benzene ring substituents is 1. The van der Waals surface area contributed by atoms with Crippen LogP contribution in [0.5, 0.6) is 11.5 Å². The standard InChI is InChI=1S/C18H15N3O5/c1-18(2)25-14-7-6-11(9-15(14)26-18)19-17(22)12-8-10-4-3-5-13(21(23)24)16(10)20-12/h3-9,20H,1-2H3,(H,19,22). The van der Waals surface area contributed by atoms with E-state index in [1.165, 1.54) is 6.07 Å². The van der Waals surface area contributed by atoms with Crippen LogP contribution in [-0.2, 0) is 0 Å². The van der Waals surface area contributed by atoms with Gasteiger partial charge in [0, 0.05) is 37.1 Å². The summed E-state index contributed by atoms with van der Waals surface area (Å²) in [6.45, 7) is 3.59. The molecule has 0 unspecified atom stereocenters. The number of H-pyrrole nitrogens is 1. The van der Waals surface area contributed by atoms with Gasteiger partial charge in [-0.15, -0.1) is 0 Å². The number of hydrogen-bond acceptors (Lipinski definition) is 5. The molecule has 8 heteroatoms. The van der Waals surface area contributed by atoms with Gasteiger partial charge < -0.3 is 19.8 Å². The quantitative estimate of drug-likeness (QED) is 0.550. The second kappa shape index (κ2) is 5.48. The molecule has 8 nitrogen and oxygen atoms in total. The zero-order chi connectivity index (χ0) is 18.5. The predicted molar refractivity (Wildman–Crippen MR) is 94.7 cm³/mol. The lowest BCUT2D eigenvalue weighted by Gasteiger charge is -2.16. The Morgan fingerprint density at radius 3 is 2.69 bits per heavy atom. The molecule has 2 N–H and O–H groups in total. The van der Waals surface area contributed by atoms with Crippen LogP contribution in [0.1, 0.15) is 24.3 Å². The van der Waals surface area contributed by atoms with Gasteiger partial charge in [-0.05, 0) is 18.2 Å². The molecular formula is C18H15N3O5. The number of ether oxygens (including phenoxy) is 2. The molecule has 2 aromatic carbocycles. The molecule has 132 valence electrons. The van der Waals surface area contributed by atoms with Crippen LogP contribution in [0, 0.1) is 10.1 Å². The minimum absolute atomic E-state index is 0.0770. The van der Waals surface area contributed by atoms with E-state index in [1.807, 2.05) is 0 Å². The third-order valence-corrected chi connectivity index (χ3v) is 3.99. The van der Waals surface area contributed by atoms with Crippen molar-refractivity contribution >= 4 is 28.2 Å². The molecule has 0 bridgehead atoms. The summed E-state index contributed by atoms with van der Waals surface area (Å²) in [6, 6.07) is 11.3. The van der Waals surface area contributed by atoms with Crippen LogP contribution in [0.4, 0.5) is 11.4 Å². The SMILES string of the molecule is CC1(C)Oc2ccc(NC(=O)c3cc4cccc([N+](=O)[O-])c4[nH]3)cc2O1. The van der Waals surface area contributed by atoms with Crippen LogP contribution >= 0.6 is 0 Å². The van der Waals surface area contributed by atoms with Crippen molar-refractivity contribution in [3.8, 4) is 11.5 Å². The Hall–Kier alpha value is -3.55. The van der Waals surface area contributed by atoms with Crippen LogP contribution in [0.15, 0.2) is 42.5 Å². The van der Waals surface area contributed by atoms with Crippen molar-refractivity contribution in [3.05, 3.63) is 58.3 Å². The number of nitro benzene ring substituents is 1. The van der Waals surface area contributed by atoms with Crippen LogP contribution in [0.3, 0.4) is 0 Å². The number of aromatic amines is 1. The molecule has 1 aliphatic heterocycles. The van der Waals surface area contributed by atoms with E-state index >= 15 is 0 Å². The van der Waals surface area contributed by atoms with Gasteiger partial charge in [0.15, 0.2) is 11.5 Å². The molecule has 0 radical (unpaired) electrons. The molecule has 3 aromatic rings. The molecule has 0 atom stereocenters. The number of carbonyl (C=O) groups is 1. The normalized spacial score (nSPS) is 14.4. The third-order valence-electron chi connectivity index (χ3n) is 3.99. The van der Waals surface area contributed by atoms with Gasteiger partial charge in [-0.2, -0.15) is 0 Å². The van der Waals surface area contributed by atoms with Gasteiger partial charge in [0.2, 0.25) is 5.79 Å². The highest BCUT2D eigenvalue weighted by Gasteiger charge is 2.31. The number of benzene rings is 2. The molecule has 0 spiro atoms. The Bertz CT molecular complexity index is 1050. The number of anilines is 1. The fourth-order valence-corrected chi connectivity index (χ4v) is 2.91. The Morgan fingerprint density at radius 2 is 1.92 bits per heavy atom. The molecule has 0 saturated heterocycles. The summed E-state index contributed by atoms with van der Waals surface area (Å²) >= 11 is 0. The molecule has 1 aromatic heterocycles. The smallest absolute Gasteiger partial charge is 0.293 e. The number of hydrogen-bond donors (Lipinski definition) is 2. The van der Waals surface area contributed by atoms with E-state index in [1.54, 1.807) is 50.2 Å². The highest BCUT2D eigenvalue weighted by atomic mass is 16.7. The fraction of sp³-hybridized carbons (Fsp3) is 0.167. The van der Waals surface area contributed by atoms with E-state index in [4.69, 9.17) is 9.47 Å². The Morgan fingerprint density at radius 1 is 1.15 bits per heavy atom. The molecule has 1 amide bonds. The Labute approximate surface area is 147 Å². The fourth-order valence-electron chi connectivity index (χ4n) is 2.91. The minimum Gasteiger partial charge on any atom is -0.449 e. The Balaban J connectivity index is 1.61. The summed E-state index contributed by atoms with van der Waals surface area (Å²) in [4.78, 5) is 25.9. The highest BCUT2D eigenvalue weighted by molar-refractivity contribution is 6.07. The number of para-hydroxylation sites is 1. The average Bonchev–Trinajstić information content (AvgIpc) is 3.13. The number of amides is 1. The maximum absolute atomic E-state index is 12.5. The zero-order valence-electron chi connectivity index (χ0n) is 14.0. The number of nitro groups is 1. The number of nitrogens with one attached hydrogen (secondary N) is 2. The summed E-state index contributed by atoms with van der Waals surface area (Å²) < 4.78 is 11.3. The monoisotopic (exact) mass is 353 g/mol. The molecule has 4 rings (SSSR count). The first kappa shape index (κ1) is 15.9. The van der Waals surface area contributed by atoms with E-state index in [2.05, 4.69) is 10.3 Å². The maximum atomic E-state index is 12.5. The summed E-state index contributed by atoms with van der Waals surface area (Å²) in [6.07, 6.45) is 0. The summed E-state index contributed by atoms with van der Waals surface area (Å²) in [7, 11) is 0. The van der Waals surface area contributed by atoms with Crippen LogP contribution in [-0.4, -0.2) is 21.6 Å². The van der Waals surface area contributed by atoms with Gasteiger partial charge in [0.25, 0.3) is 11.6 Å². The lowest BCUT2D eigenvalue weighted by atomic mass is 10.2. The third kappa shape index (κ3) is 2.71. The maximum Gasteiger partial charge on any atom is 0.293 e. The van der Waals surface area contributed by atoms with E-state index < -0.39 is 16.6 Å². The van der Waals surface area contributed by atoms with E-state index in [9.17, 15) is 14.9 Å². The van der Waals surface area contributed by atoms with Crippen molar-refractivity contribution in [2.45, 2.75) is 19.6 Å². The van der Waals surface area contributed by atoms with Crippen LogP contribution < -0.4 is 14.8 Å². The van der Waals surface area contributed by atoms with Crippen LogP contribution in [0.2, 0.25) is 0 Å². The van der Waals surface area contributed by atoms with E-state index in [0.29, 0.717) is 28.1 Å². The number of nitrogens with zero attached hydrogens (tertiary/aromatic N) is 1. The first-order valence-electron chi connectivity index (χ1n) is 7.92. The van der Waals surface area contributed by atoms with E-state index in [-0.39, 0.29) is 11.4 Å². The number of fused-ring (bicyclic) bond motifs is 2. The summed E-state index contributed by atoms with van der Waals surface area (Å²) in [5.74, 6) is -0.0101. The molecule has 26 heavy (non-hydrogen) atoms. The largest absolute Gasteiger partial charge is 0.449 e. The topological polar surface area (TPSA) is 106 Å². The van der Waals surface area contributed by atoms with Gasteiger partial charge >= 0.3 is 0 Å². The second-order valence-corrected chi connectivity index (χ2v) is 6.40. The first-order valence-corrected chi connectivity index (χ1v) is 7.92. The molecular weight excluding hydrogens is 338 g/mol. The van der Waals surface area contributed by atoms with E-state index in [0.717, 1.165) is 0 Å². The number of rotatable bonds is 3.